The van der Waals surface area contributed by atoms with Crippen LogP contribution in [0.4, 0.5) is 19.0 Å². The molecule has 2 rings (SSSR count). The van der Waals surface area contributed by atoms with Crippen LogP contribution in [-0.2, 0) is 6.18 Å². The minimum atomic E-state index is -4.44. The summed E-state index contributed by atoms with van der Waals surface area (Å²) in [6.07, 6.45) is -3.77. The number of aromatic nitrogens is 3. The highest BCUT2D eigenvalue weighted by Gasteiger charge is 2.30. The smallest absolute Gasteiger partial charge is 0.383 e. The zero-order chi connectivity index (χ0) is 12.6. The minimum absolute atomic E-state index is 0.0715. The van der Waals surface area contributed by atoms with Gasteiger partial charge in [-0.1, -0.05) is 0 Å². The maximum Gasteiger partial charge on any atom is 0.417 e. The molecule has 0 spiro atoms. The molecular formula is C9H7F3N4O. The molecular weight excluding hydrogens is 237 g/mol. The van der Waals surface area contributed by atoms with Gasteiger partial charge in [0.05, 0.1) is 5.56 Å². The zero-order valence-corrected chi connectivity index (χ0v) is 8.32. The van der Waals surface area contributed by atoms with Crippen LogP contribution in [0.15, 0.2) is 29.2 Å². The number of alkyl halides is 3. The molecule has 2 aromatic heterocycles. The fraction of sp³-hybridized carbons (Fsp3) is 0.111. The number of hydrogen-bond donors (Lipinski definition) is 2. The molecule has 0 aliphatic carbocycles. The topological polar surface area (TPSA) is 76.7 Å². The number of nitrogens with one attached hydrogen (secondary N) is 1. The molecule has 5 nitrogen and oxygen atoms in total. The standard InChI is InChI=1S/C9H7F3N4O/c10-9(11,12)5-1-2-7(14-4-5)16-6(13)3-8(17)15-16/h1-4H,13H2,(H,15,17). The van der Waals surface area contributed by atoms with E-state index in [-0.39, 0.29) is 11.6 Å². The third kappa shape index (κ3) is 2.14. The molecule has 0 saturated heterocycles. The first-order valence-corrected chi connectivity index (χ1v) is 4.49. The van der Waals surface area contributed by atoms with Gasteiger partial charge in [-0.05, 0) is 12.1 Å². The van der Waals surface area contributed by atoms with Crippen molar-refractivity contribution in [3.63, 3.8) is 0 Å². The predicted octanol–water partition coefficient (Wildman–Crippen LogP) is 1.16. The van der Waals surface area contributed by atoms with E-state index in [9.17, 15) is 18.0 Å². The molecule has 3 N–H and O–H groups in total. The summed E-state index contributed by atoms with van der Waals surface area (Å²) >= 11 is 0. The molecule has 0 unspecified atom stereocenters. The molecule has 0 aliphatic rings. The number of hydrogen-bond acceptors (Lipinski definition) is 3. The molecule has 17 heavy (non-hydrogen) atoms. The summed E-state index contributed by atoms with van der Waals surface area (Å²) in [5.41, 5.74) is 4.15. The maximum atomic E-state index is 12.3. The molecule has 0 aliphatic heterocycles. The predicted molar refractivity (Wildman–Crippen MR) is 53.6 cm³/mol. The van der Waals surface area contributed by atoms with E-state index in [0.29, 0.717) is 6.20 Å². The van der Waals surface area contributed by atoms with Gasteiger partial charge < -0.3 is 5.73 Å². The normalized spacial score (nSPS) is 11.7. The van der Waals surface area contributed by atoms with Crippen molar-refractivity contribution in [3.05, 3.63) is 40.3 Å². The van der Waals surface area contributed by atoms with Crippen molar-refractivity contribution in [2.75, 3.05) is 5.73 Å². The van der Waals surface area contributed by atoms with Gasteiger partial charge in [-0.15, -0.1) is 0 Å². The lowest BCUT2D eigenvalue weighted by Crippen LogP contribution is -2.09. The summed E-state index contributed by atoms with van der Waals surface area (Å²) in [7, 11) is 0. The van der Waals surface area contributed by atoms with E-state index in [1.54, 1.807) is 0 Å². The van der Waals surface area contributed by atoms with Gasteiger partial charge in [0.15, 0.2) is 5.82 Å². The quantitative estimate of drug-likeness (QED) is 0.790. The molecule has 0 bridgehead atoms. The van der Waals surface area contributed by atoms with Crippen LogP contribution in [-0.4, -0.2) is 14.8 Å². The van der Waals surface area contributed by atoms with Gasteiger partial charge >= 0.3 is 6.18 Å². The minimum Gasteiger partial charge on any atom is -0.383 e. The first-order chi connectivity index (χ1) is 7.88. The molecule has 8 heteroatoms. The number of anilines is 1. The van der Waals surface area contributed by atoms with E-state index in [2.05, 4.69) is 10.1 Å². The number of aromatic amines is 1. The van der Waals surface area contributed by atoms with Gasteiger partial charge in [-0.2, -0.15) is 13.2 Å². The van der Waals surface area contributed by atoms with E-state index in [1.807, 2.05) is 0 Å². The van der Waals surface area contributed by atoms with Crippen LogP contribution >= 0.6 is 0 Å². The molecule has 0 radical (unpaired) electrons. The molecule has 0 fully saturated rings. The van der Waals surface area contributed by atoms with Gasteiger partial charge in [0.1, 0.15) is 5.82 Å². The molecule has 0 atom stereocenters. The Labute approximate surface area is 92.7 Å². The van der Waals surface area contributed by atoms with Gasteiger partial charge in [0.2, 0.25) is 0 Å². The van der Waals surface area contributed by atoms with Gasteiger partial charge in [0, 0.05) is 12.3 Å². The van der Waals surface area contributed by atoms with Crippen molar-refractivity contribution in [1.82, 2.24) is 14.8 Å². The van der Waals surface area contributed by atoms with Gasteiger partial charge in [-0.25, -0.2) is 9.67 Å². The highest BCUT2D eigenvalue weighted by atomic mass is 19.4. The summed E-state index contributed by atoms with van der Waals surface area (Å²) in [5, 5.41) is 2.31. The first-order valence-electron chi connectivity index (χ1n) is 4.49. The Hall–Kier alpha value is -2.25. The van der Waals surface area contributed by atoms with E-state index >= 15 is 0 Å². The molecule has 0 aromatic carbocycles. The number of nitrogen functional groups attached to an aromatic ring is 1. The lowest BCUT2D eigenvalue weighted by atomic mass is 10.3. The second-order valence-corrected chi connectivity index (χ2v) is 3.28. The van der Waals surface area contributed by atoms with E-state index in [0.717, 1.165) is 22.9 Å². The lowest BCUT2D eigenvalue weighted by Gasteiger charge is -2.07. The van der Waals surface area contributed by atoms with Gasteiger partial charge in [-0.3, -0.25) is 9.89 Å². The average molecular weight is 244 g/mol. The number of nitrogens with two attached hydrogens (primary N) is 1. The van der Waals surface area contributed by atoms with E-state index in [4.69, 9.17) is 5.73 Å². The third-order valence-electron chi connectivity index (χ3n) is 2.06. The Morgan fingerprint density at radius 3 is 2.47 bits per heavy atom. The van der Waals surface area contributed by atoms with Crippen LogP contribution in [0, 0.1) is 0 Å². The Balaban J connectivity index is 2.43. The number of H-pyrrole nitrogens is 1. The molecule has 0 saturated carbocycles. The third-order valence-corrected chi connectivity index (χ3v) is 2.06. The number of halogens is 3. The fourth-order valence-corrected chi connectivity index (χ4v) is 1.28. The van der Waals surface area contributed by atoms with Crippen LogP contribution < -0.4 is 11.3 Å². The first kappa shape index (κ1) is 11.2. The summed E-state index contributed by atoms with van der Waals surface area (Å²) in [6.45, 7) is 0. The zero-order valence-electron chi connectivity index (χ0n) is 8.32. The summed E-state index contributed by atoms with van der Waals surface area (Å²) in [6, 6.07) is 3.09. The molecule has 2 aromatic rings. The van der Waals surface area contributed by atoms with Gasteiger partial charge in [0.25, 0.3) is 5.56 Å². The second-order valence-electron chi connectivity index (χ2n) is 3.28. The Morgan fingerprint density at radius 2 is 2.06 bits per heavy atom. The number of rotatable bonds is 1. The van der Waals surface area contributed by atoms with Crippen LogP contribution in [0.2, 0.25) is 0 Å². The Bertz CT molecular complexity index is 582. The Morgan fingerprint density at radius 1 is 1.35 bits per heavy atom. The average Bonchev–Trinajstić information content (AvgIpc) is 2.57. The van der Waals surface area contributed by atoms with Crippen molar-refractivity contribution in [2.24, 2.45) is 0 Å². The summed E-state index contributed by atoms with van der Waals surface area (Å²) in [5.74, 6) is 0.180. The fourth-order valence-electron chi connectivity index (χ4n) is 1.28. The van der Waals surface area contributed by atoms with Crippen molar-refractivity contribution in [3.8, 4) is 5.82 Å². The van der Waals surface area contributed by atoms with E-state index in [1.165, 1.54) is 0 Å². The molecule has 2 heterocycles. The van der Waals surface area contributed by atoms with Crippen molar-refractivity contribution in [1.29, 1.82) is 0 Å². The highest BCUT2D eigenvalue weighted by Crippen LogP contribution is 2.28. The lowest BCUT2D eigenvalue weighted by molar-refractivity contribution is -0.137. The monoisotopic (exact) mass is 244 g/mol. The van der Waals surface area contributed by atoms with Crippen LogP contribution in [0.25, 0.3) is 5.82 Å². The summed E-state index contributed by atoms with van der Waals surface area (Å²) < 4.78 is 37.9. The molecule has 90 valence electrons. The number of pyridine rings is 1. The maximum absolute atomic E-state index is 12.3. The van der Waals surface area contributed by atoms with Crippen molar-refractivity contribution in [2.45, 2.75) is 6.18 Å². The largest absolute Gasteiger partial charge is 0.417 e. The van der Waals surface area contributed by atoms with Crippen LogP contribution in [0.3, 0.4) is 0 Å². The van der Waals surface area contributed by atoms with Crippen LogP contribution in [0.1, 0.15) is 5.56 Å². The van der Waals surface area contributed by atoms with Crippen molar-refractivity contribution < 1.29 is 13.2 Å². The van der Waals surface area contributed by atoms with Crippen LogP contribution in [0.5, 0.6) is 0 Å². The van der Waals surface area contributed by atoms with E-state index < -0.39 is 17.3 Å². The number of nitrogens with zero attached hydrogens (tertiary/aromatic N) is 2. The Kier molecular flexibility index (Phi) is 2.41. The van der Waals surface area contributed by atoms with Crippen molar-refractivity contribution >= 4 is 5.82 Å². The highest BCUT2D eigenvalue weighted by molar-refractivity contribution is 5.37. The second kappa shape index (κ2) is 3.65. The molecule has 0 amide bonds. The SMILES string of the molecule is Nc1cc(=O)[nH]n1-c1ccc(C(F)(F)F)cn1. The summed E-state index contributed by atoms with van der Waals surface area (Å²) in [4.78, 5) is 14.5.